The van der Waals surface area contributed by atoms with Gasteiger partial charge in [0.2, 0.25) is 0 Å². The topological polar surface area (TPSA) is 101 Å². The smallest absolute Gasteiger partial charge is 0.407 e. The zero-order valence-electron chi connectivity index (χ0n) is 10.7. The first-order valence-corrected chi connectivity index (χ1v) is 6.12. The van der Waals surface area contributed by atoms with Crippen LogP contribution in [0.4, 0.5) is 9.59 Å². The summed E-state index contributed by atoms with van der Waals surface area (Å²) < 4.78 is 0. The summed E-state index contributed by atoms with van der Waals surface area (Å²) in [5.74, 6) is -0.309. The highest BCUT2D eigenvalue weighted by atomic mass is 16.4. The average molecular weight is 271 g/mol. The van der Waals surface area contributed by atoms with Crippen LogP contribution < -0.4 is 0 Å². The van der Waals surface area contributed by atoms with Crippen LogP contribution >= 0.6 is 0 Å². The van der Waals surface area contributed by atoms with Crippen LogP contribution in [0.5, 0.6) is 0 Å². The Morgan fingerprint density at radius 1 is 1.32 bits per heavy atom. The number of nitrogens with zero attached hydrogens (tertiary/aromatic N) is 3. The Bertz CT molecular complexity index is 417. The van der Waals surface area contributed by atoms with Crippen molar-refractivity contribution >= 4 is 18.0 Å². The summed E-state index contributed by atoms with van der Waals surface area (Å²) in [6.07, 6.45) is -0.476. The van der Waals surface area contributed by atoms with Crippen molar-refractivity contribution in [1.29, 1.82) is 0 Å². The predicted molar refractivity (Wildman–Crippen MR) is 63.5 cm³/mol. The highest BCUT2D eigenvalue weighted by Crippen LogP contribution is 2.36. The summed E-state index contributed by atoms with van der Waals surface area (Å²) >= 11 is 0. The van der Waals surface area contributed by atoms with Crippen molar-refractivity contribution in [3.63, 3.8) is 0 Å². The number of β-amino-alcohol motifs (C(OH)–C–C–N with tert-alkyl or cyclic N) is 1. The molecule has 0 aromatic heterocycles. The summed E-state index contributed by atoms with van der Waals surface area (Å²) in [6, 6.07) is -0.428. The molecule has 2 aliphatic heterocycles. The van der Waals surface area contributed by atoms with Crippen LogP contribution in [0.15, 0.2) is 0 Å². The van der Waals surface area contributed by atoms with Gasteiger partial charge in [-0.3, -0.25) is 9.69 Å². The number of hydrogen-bond acceptors (Lipinski definition) is 4. The minimum absolute atomic E-state index is 0.0853. The molecular weight excluding hydrogens is 254 g/mol. The van der Waals surface area contributed by atoms with E-state index in [0.717, 1.165) is 4.90 Å². The molecule has 2 saturated heterocycles. The molecule has 4 amide bonds. The third-order valence-electron chi connectivity index (χ3n) is 3.92. The Morgan fingerprint density at radius 3 is 2.37 bits per heavy atom. The lowest BCUT2D eigenvalue weighted by atomic mass is 9.86. The quantitative estimate of drug-likeness (QED) is 0.652. The minimum atomic E-state index is -1.02. The van der Waals surface area contributed by atoms with Crippen molar-refractivity contribution in [1.82, 2.24) is 14.7 Å². The molecule has 0 aliphatic carbocycles. The van der Waals surface area contributed by atoms with E-state index >= 15 is 0 Å². The molecule has 2 aliphatic rings. The van der Waals surface area contributed by atoms with E-state index in [9.17, 15) is 14.4 Å². The number of likely N-dealkylation sites (tertiary alicyclic amines) is 1. The fraction of sp³-hybridized carbons (Fsp3) is 0.727. The minimum Gasteiger partial charge on any atom is -0.465 e. The number of carbonyl (C=O) groups excluding carboxylic acids is 2. The number of urea groups is 1. The number of carbonyl (C=O) groups is 3. The van der Waals surface area contributed by atoms with Gasteiger partial charge in [0.25, 0.3) is 5.91 Å². The molecule has 0 unspecified atom stereocenters. The standard InChI is InChI=1S/C11H17N3O5/c1-12-8(16)11(14(6-7-15)9(12)17)2-4-13(5-3-11)10(18)19/h15H,2-7H2,1H3,(H,18,19). The summed E-state index contributed by atoms with van der Waals surface area (Å²) in [6.45, 7) is 0.285. The van der Waals surface area contributed by atoms with Crippen LogP contribution in [0.25, 0.3) is 0 Å². The fourth-order valence-electron chi connectivity index (χ4n) is 2.84. The molecule has 0 saturated carbocycles. The van der Waals surface area contributed by atoms with Crippen molar-refractivity contribution in [2.45, 2.75) is 18.4 Å². The maximum Gasteiger partial charge on any atom is 0.407 e. The van der Waals surface area contributed by atoms with Crippen molar-refractivity contribution in [3.05, 3.63) is 0 Å². The lowest BCUT2D eigenvalue weighted by Crippen LogP contribution is -2.57. The molecule has 0 bridgehead atoms. The summed E-state index contributed by atoms with van der Waals surface area (Å²) in [7, 11) is 1.41. The summed E-state index contributed by atoms with van der Waals surface area (Å²) in [5, 5.41) is 18.0. The Morgan fingerprint density at radius 2 is 1.89 bits per heavy atom. The largest absolute Gasteiger partial charge is 0.465 e. The summed E-state index contributed by atoms with van der Waals surface area (Å²) in [5.41, 5.74) is -0.986. The molecular formula is C11H17N3O5. The highest BCUT2D eigenvalue weighted by Gasteiger charge is 2.56. The van der Waals surface area contributed by atoms with Crippen LogP contribution in [0, 0.1) is 0 Å². The van der Waals surface area contributed by atoms with Crippen molar-refractivity contribution in [3.8, 4) is 0 Å². The molecule has 2 N–H and O–H groups in total. The third kappa shape index (κ3) is 1.92. The number of hydrogen-bond donors (Lipinski definition) is 2. The molecule has 2 rings (SSSR count). The van der Waals surface area contributed by atoms with E-state index in [1.165, 1.54) is 16.8 Å². The molecule has 1 spiro atoms. The molecule has 8 nitrogen and oxygen atoms in total. The van der Waals surface area contributed by atoms with Crippen LogP contribution in [-0.2, 0) is 4.79 Å². The first-order chi connectivity index (χ1) is 8.94. The maximum absolute atomic E-state index is 12.3. The number of aliphatic hydroxyl groups excluding tert-OH is 1. The van der Waals surface area contributed by atoms with E-state index in [1.54, 1.807) is 0 Å². The van der Waals surface area contributed by atoms with Crippen LogP contribution in [0.1, 0.15) is 12.8 Å². The molecule has 0 radical (unpaired) electrons. The second-order valence-electron chi connectivity index (χ2n) is 4.82. The SMILES string of the molecule is CN1C(=O)N(CCO)C2(CCN(C(=O)O)CC2)C1=O. The number of likely N-dealkylation sites (N-methyl/N-ethyl adjacent to an activating group) is 1. The second kappa shape index (κ2) is 4.69. The van der Waals surface area contributed by atoms with Gasteiger partial charge in [-0.1, -0.05) is 0 Å². The molecule has 2 heterocycles. The number of piperidine rings is 1. The van der Waals surface area contributed by atoms with Gasteiger partial charge in [0.1, 0.15) is 5.54 Å². The monoisotopic (exact) mass is 271 g/mol. The van der Waals surface area contributed by atoms with E-state index < -0.39 is 17.7 Å². The van der Waals surface area contributed by atoms with Gasteiger partial charge in [-0.15, -0.1) is 0 Å². The first-order valence-electron chi connectivity index (χ1n) is 6.12. The molecule has 19 heavy (non-hydrogen) atoms. The number of amides is 4. The Balaban J connectivity index is 2.23. The average Bonchev–Trinajstić information content (AvgIpc) is 2.56. The number of aliphatic hydroxyl groups is 1. The molecule has 106 valence electrons. The predicted octanol–water partition coefficient (Wildman–Crippen LogP) is -0.615. The van der Waals surface area contributed by atoms with Gasteiger partial charge >= 0.3 is 12.1 Å². The summed E-state index contributed by atoms with van der Waals surface area (Å²) in [4.78, 5) is 38.8. The normalized spacial score (nSPS) is 22.5. The van der Waals surface area contributed by atoms with E-state index in [0.29, 0.717) is 0 Å². The fourth-order valence-corrected chi connectivity index (χ4v) is 2.84. The number of carboxylic acid groups (broad SMARTS) is 1. The van der Waals surface area contributed by atoms with E-state index in [2.05, 4.69) is 0 Å². The van der Waals surface area contributed by atoms with E-state index in [1.807, 2.05) is 0 Å². The molecule has 8 heteroatoms. The zero-order valence-corrected chi connectivity index (χ0v) is 10.7. The van der Waals surface area contributed by atoms with Crippen LogP contribution in [-0.4, -0.2) is 81.8 Å². The lowest BCUT2D eigenvalue weighted by molar-refractivity contribution is -0.134. The van der Waals surface area contributed by atoms with E-state index in [4.69, 9.17) is 10.2 Å². The molecule has 0 aromatic carbocycles. The lowest BCUT2D eigenvalue weighted by Gasteiger charge is -2.41. The van der Waals surface area contributed by atoms with Crippen LogP contribution in [0.2, 0.25) is 0 Å². The first kappa shape index (κ1) is 13.6. The van der Waals surface area contributed by atoms with Gasteiger partial charge in [0, 0.05) is 26.7 Å². The van der Waals surface area contributed by atoms with Gasteiger partial charge in [-0.05, 0) is 12.8 Å². The Kier molecular flexibility index (Phi) is 3.36. The van der Waals surface area contributed by atoms with Crippen molar-refractivity contribution in [2.24, 2.45) is 0 Å². The Labute approximate surface area is 110 Å². The molecule has 0 aromatic rings. The molecule has 0 atom stereocenters. The van der Waals surface area contributed by atoms with Gasteiger partial charge in [-0.25, -0.2) is 9.59 Å². The van der Waals surface area contributed by atoms with E-state index in [-0.39, 0.29) is 45.0 Å². The second-order valence-corrected chi connectivity index (χ2v) is 4.82. The van der Waals surface area contributed by atoms with Crippen molar-refractivity contribution in [2.75, 3.05) is 33.3 Å². The zero-order chi connectivity index (χ0) is 14.2. The maximum atomic E-state index is 12.3. The van der Waals surface area contributed by atoms with Gasteiger partial charge < -0.3 is 20.0 Å². The van der Waals surface area contributed by atoms with Crippen LogP contribution in [0.3, 0.4) is 0 Å². The highest BCUT2D eigenvalue weighted by molar-refractivity contribution is 6.06. The Hall–Kier alpha value is -1.83. The number of rotatable bonds is 2. The van der Waals surface area contributed by atoms with Gasteiger partial charge in [0.05, 0.1) is 6.61 Å². The third-order valence-corrected chi connectivity index (χ3v) is 3.92. The van der Waals surface area contributed by atoms with Gasteiger partial charge in [-0.2, -0.15) is 0 Å². The van der Waals surface area contributed by atoms with Gasteiger partial charge in [0.15, 0.2) is 0 Å². The molecule has 2 fully saturated rings. The number of imide groups is 1. The van der Waals surface area contributed by atoms with Crippen molar-refractivity contribution < 1.29 is 24.6 Å².